The van der Waals surface area contributed by atoms with Gasteiger partial charge in [0.2, 0.25) is 0 Å². The molecule has 0 aliphatic rings. The van der Waals surface area contributed by atoms with Crippen LogP contribution >= 0.6 is 22.9 Å². The number of aryl methyl sites for hydroxylation is 1. The van der Waals surface area contributed by atoms with Gasteiger partial charge in [0.15, 0.2) is 9.34 Å². The van der Waals surface area contributed by atoms with E-state index < -0.39 is 15.8 Å². The van der Waals surface area contributed by atoms with Crippen molar-refractivity contribution in [3.63, 3.8) is 0 Å². The van der Waals surface area contributed by atoms with E-state index in [9.17, 15) is 12.8 Å². The summed E-state index contributed by atoms with van der Waals surface area (Å²) >= 11 is 6.63. The molecule has 3 N–H and O–H groups in total. The van der Waals surface area contributed by atoms with E-state index in [-0.39, 0.29) is 25.7 Å². The topological polar surface area (TPSA) is 85.1 Å². The molecule has 0 fully saturated rings. The van der Waals surface area contributed by atoms with Crippen LogP contribution in [-0.4, -0.2) is 13.4 Å². The van der Waals surface area contributed by atoms with E-state index in [0.29, 0.717) is 0 Å². The standard InChI is InChI=1S/C10H9ClFN3O2S2/c1-5-9(18-10(13)14-5)19(16,17)15-8-4-6(12)2-3-7(8)11/h2-4,15H,1H3,(H2,13,14). The minimum absolute atomic E-state index is 0.0228. The van der Waals surface area contributed by atoms with Crippen molar-refractivity contribution >= 4 is 43.8 Å². The molecule has 0 saturated carbocycles. The molecule has 0 bridgehead atoms. The van der Waals surface area contributed by atoms with Gasteiger partial charge in [0.25, 0.3) is 10.0 Å². The Morgan fingerprint density at radius 1 is 1.47 bits per heavy atom. The zero-order valence-electron chi connectivity index (χ0n) is 9.65. The second-order valence-corrected chi connectivity index (χ2v) is 6.97. The van der Waals surface area contributed by atoms with Gasteiger partial charge in [-0.05, 0) is 25.1 Å². The van der Waals surface area contributed by atoms with Crippen LogP contribution in [0.2, 0.25) is 5.02 Å². The summed E-state index contributed by atoms with van der Waals surface area (Å²) in [6.07, 6.45) is 0. The Morgan fingerprint density at radius 3 is 2.74 bits per heavy atom. The number of rotatable bonds is 3. The quantitative estimate of drug-likeness (QED) is 0.910. The van der Waals surface area contributed by atoms with Crippen LogP contribution in [-0.2, 0) is 10.0 Å². The molecule has 0 unspecified atom stereocenters. The van der Waals surface area contributed by atoms with Gasteiger partial charge in [-0.1, -0.05) is 22.9 Å². The van der Waals surface area contributed by atoms with Crippen molar-refractivity contribution in [1.29, 1.82) is 0 Å². The van der Waals surface area contributed by atoms with E-state index in [2.05, 4.69) is 9.71 Å². The molecular formula is C10H9ClFN3O2S2. The maximum atomic E-state index is 13.1. The highest BCUT2D eigenvalue weighted by Crippen LogP contribution is 2.29. The number of halogens is 2. The summed E-state index contributed by atoms with van der Waals surface area (Å²) < 4.78 is 39.5. The Hall–Kier alpha value is -1.38. The Bertz CT molecular complexity index is 730. The summed E-state index contributed by atoms with van der Waals surface area (Å²) in [7, 11) is -3.89. The minimum atomic E-state index is -3.89. The van der Waals surface area contributed by atoms with Crippen molar-refractivity contribution in [1.82, 2.24) is 4.98 Å². The first-order valence-electron chi connectivity index (χ1n) is 5.00. The predicted molar refractivity (Wildman–Crippen MR) is 73.5 cm³/mol. The first-order valence-corrected chi connectivity index (χ1v) is 7.68. The Balaban J connectivity index is 2.42. The van der Waals surface area contributed by atoms with E-state index in [1.807, 2.05) is 0 Å². The molecule has 0 atom stereocenters. The predicted octanol–water partition coefficient (Wildman–Crippen LogP) is 2.63. The van der Waals surface area contributed by atoms with Crippen LogP contribution in [0.3, 0.4) is 0 Å². The normalized spacial score (nSPS) is 11.5. The molecule has 1 aromatic heterocycles. The molecule has 0 aliphatic carbocycles. The fraction of sp³-hybridized carbons (Fsp3) is 0.100. The molecule has 0 amide bonds. The van der Waals surface area contributed by atoms with Gasteiger partial charge < -0.3 is 5.73 Å². The minimum Gasteiger partial charge on any atom is -0.375 e. The van der Waals surface area contributed by atoms with Gasteiger partial charge in [-0.15, -0.1) is 0 Å². The second kappa shape index (κ2) is 4.95. The van der Waals surface area contributed by atoms with Gasteiger partial charge in [0.05, 0.1) is 16.4 Å². The van der Waals surface area contributed by atoms with Crippen LogP contribution in [0.15, 0.2) is 22.4 Å². The summed E-state index contributed by atoms with van der Waals surface area (Å²) in [5, 5.41) is 0.239. The van der Waals surface area contributed by atoms with E-state index in [1.54, 1.807) is 0 Å². The average Bonchev–Trinajstić information content (AvgIpc) is 2.63. The number of hydrogen-bond acceptors (Lipinski definition) is 5. The van der Waals surface area contributed by atoms with Gasteiger partial charge in [-0.25, -0.2) is 17.8 Å². The number of hydrogen-bond donors (Lipinski definition) is 2. The first kappa shape index (κ1) is 14.0. The molecule has 2 aromatic rings. The third kappa shape index (κ3) is 2.96. The van der Waals surface area contributed by atoms with Crippen molar-refractivity contribution < 1.29 is 12.8 Å². The number of nitrogens with zero attached hydrogens (tertiary/aromatic N) is 1. The Labute approximate surface area is 118 Å². The van der Waals surface area contributed by atoms with Crippen LogP contribution in [0.1, 0.15) is 5.69 Å². The lowest BCUT2D eigenvalue weighted by atomic mass is 10.3. The first-order chi connectivity index (χ1) is 8.79. The average molecular weight is 322 g/mol. The summed E-state index contributed by atoms with van der Waals surface area (Å²) in [6, 6.07) is 3.40. The number of benzene rings is 1. The van der Waals surface area contributed by atoms with Gasteiger partial charge in [-0.3, -0.25) is 4.72 Å². The van der Waals surface area contributed by atoms with Crippen molar-refractivity contribution in [3.05, 3.63) is 34.7 Å². The summed E-state index contributed by atoms with van der Waals surface area (Å²) in [5.74, 6) is -0.595. The van der Waals surface area contributed by atoms with Gasteiger partial charge in [0.1, 0.15) is 5.82 Å². The molecule has 0 aliphatic heterocycles. The third-order valence-electron chi connectivity index (χ3n) is 2.19. The second-order valence-electron chi connectivity index (χ2n) is 3.65. The lowest BCUT2D eigenvalue weighted by Gasteiger charge is -2.08. The molecule has 2 rings (SSSR count). The van der Waals surface area contributed by atoms with Crippen molar-refractivity contribution in [2.24, 2.45) is 0 Å². The highest BCUT2D eigenvalue weighted by Gasteiger charge is 2.22. The molecule has 0 saturated heterocycles. The summed E-state index contributed by atoms with van der Waals surface area (Å²) in [5.41, 5.74) is 5.70. The summed E-state index contributed by atoms with van der Waals surface area (Å²) in [4.78, 5) is 3.83. The fourth-order valence-electron chi connectivity index (χ4n) is 1.42. The number of aromatic nitrogens is 1. The third-order valence-corrected chi connectivity index (χ3v) is 5.48. The molecular weight excluding hydrogens is 313 g/mol. The van der Waals surface area contributed by atoms with E-state index >= 15 is 0 Å². The highest BCUT2D eigenvalue weighted by molar-refractivity contribution is 7.94. The molecule has 0 radical (unpaired) electrons. The molecule has 1 heterocycles. The van der Waals surface area contributed by atoms with E-state index in [0.717, 1.165) is 23.5 Å². The number of nitrogens with one attached hydrogen (secondary N) is 1. The maximum Gasteiger partial charge on any atom is 0.273 e. The lowest BCUT2D eigenvalue weighted by molar-refractivity contribution is 0.602. The number of nitrogens with two attached hydrogens (primary N) is 1. The van der Waals surface area contributed by atoms with Crippen LogP contribution in [0.25, 0.3) is 0 Å². The SMILES string of the molecule is Cc1nc(N)sc1S(=O)(=O)Nc1cc(F)ccc1Cl. The molecule has 19 heavy (non-hydrogen) atoms. The molecule has 5 nitrogen and oxygen atoms in total. The number of thiazole rings is 1. The zero-order chi connectivity index (χ0) is 14.2. The molecule has 102 valence electrons. The highest BCUT2D eigenvalue weighted by atomic mass is 35.5. The number of anilines is 2. The summed E-state index contributed by atoms with van der Waals surface area (Å²) in [6.45, 7) is 1.52. The molecule has 1 aromatic carbocycles. The van der Waals surface area contributed by atoms with Gasteiger partial charge >= 0.3 is 0 Å². The van der Waals surface area contributed by atoms with Crippen LogP contribution in [0.4, 0.5) is 15.2 Å². The lowest BCUT2D eigenvalue weighted by Crippen LogP contribution is -2.13. The van der Waals surface area contributed by atoms with Gasteiger partial charge in [-0.2, -0.15) is 0 Å². The number of nitrogen functional groups attached to an aromatic ring is 1. The zero-order valence-corrected chi connectivity index (χ0v) is 12.0. The largest absolute Gasteiger partial charge is 0.375 e. The molecule has 9 heteroatoms. The smallest absolute Gasteiger partial charge is 0.273 e. The number of sulfonamides is 1. The Morgan fingerprint density at radius 2 is 2.16 bits per heavy atom. The monoisotopic (exact) mass is 321 g/mol. The van der Waals surface area contributed by atoms with Crippen molar-refractivity contribution in [2.45, 2.75) is 11.1 Å². The van der Waals surface area contributed by atoms with E-state index in [1.165, 1.54) is 13.0 Å². The van der Waals surface area contributed by atoms with Crippen molar-refractivity contribution in [2.75, 3.05) is 10.5 Å². The van der Waals surface area contributed by atoms with Crippen LogP contribution < -0.4 is 10.5 Å². The molecule has 0 spiro atoms. The van der Waals surface area contributed by atoms with Crippen molar-refractivity contribution in [3.8, 4) is 0 Å². The van der Waals surface area contributed by atoms with Crippen LogP contribution in [0.5, 0.6) is 0 Å². The maximum absolute atomic E-state index is 13.1. The fourth-order valence-corrected chi connectivity index (χ4v) is 4.01. The van der Waals surface area contributed by atoms with E-state index in [4.69, 9.17) is 17.3 Å². The van der Waals surface area contributed by atoms with Gasteiger partial charge in [0, 0.05) is 0 Å². The Kier molecular flexibility index (Phi) is 3.66. The van der Waals surface area contributed by atoms with Crippen LogP contribution in [0, 0.1) is 12.7 Å².